The van der Waals surface area contributed by atoms with Gasteiger partial charge >= 0.3 is 6.03 Å². The molecule has 154 valence electrons. The van der Waals surface area contributed by atoms with Crippen LogP contribution >= 0.6 is 23.2 Å². The number of hydrogen-bond donors (Lipinski definition) is 1. The number of amides is 2. The van der Waals surface area contributed by atoms with Gasteiger partial charge in [0.1, 0.15) is 5.82 Å². The van der Waals surface area contributed by atoms with Crippen molar-refractivity contribution in [1.29, 1.82) is 0 Å². The van der Waals surface area contributed by atoms with Gasteiger partial charge in [0.25, 0.3) is 0 Å². The minimum absolute atomic E-state index is 0.176. The summed E-state index contributed by atoms with van der Waals surface area (Å²) < 4.78 is 24.0. The molecule has 0 spiro atoms. The molecule has 1 aliphatic rings. The van der Waals surface area contributed by atoms with Crippen molar-refractivity contribution in [1.82, 2.24) is 4.90 Å². The lowest BCUT2D eigenvalue weighted by atomic mass is 10.1. The molecule has 1 heterocycles. The number of nitrogens with zero attached hydrogens (tertiary/aromatic N) is 1. The minimum Gasteiger partial charge on any atom is -0.454 e. The second kappa shape index (κ2) is 8.81. The van der Waals surface area contributed by atoms with Gasteiger partial charge < -0.3 is 19.7 Å². The molecule has 30 heavy (non-hydrogen) atoms. The lowest BCUT2D eigenvalue weighted by Gasteiger charge is -2.24. The molecule has 1 N–H and O–H groups in total. The summed E-state index contributed by atoms with van der Waals surface area (Å²) in [5, 5.41) is 3.57. The number of hydrogen-bond acceptors (Lipinski definition) is 3. The number of carbonyl (C=O) groups is 1. The zero-order valence-electron chi connectivity index (χ0n) is 15.7. The third kappa shape index (κ3) is 4.78. The van der Waals surface area contributed by atoms with E-state index in [1.165, 1.54) is 12.1 Å². The van der Waals surface area contributed by atoms with E-state index in [4.69, 9.17) is 32.7 Å². The fraction of sp³-hybridized carbons (Fsp3) is 0.136. The largest absolute Gasteiger partial charge is 0.454 e. The first-order chi connectivity index (χ1) is 14.5. The fourth-order valence-electron chi connectivity index (χ4n) is 3.05. The molecule has 2 amide bonds. The van der Waals surface area contributed by atoms with Crippen molar-refractivity contribution in [3.8, 4) is 11.5 Å². The van der Waals surface area contributed by atoms with Gasteiger partial charge in [0, 0.05) is 18.8 Å². The van der Waals surface area contributed by atoms with E-state index in [1.807, 2.05) is 18.2 Å². The minimum atomic E-state index is -0.338. The molecular weight excluding hydrogens is 430 g/mol. The number of anilines is 1. The van der Waals surface area contributed by atoms with Crippen LogP contribution in [-0.2, 0) is 13.1 Å². The average Bonchev–Trinajstić information content (AvgIpc) is 3.20. The molecule has 5 nitrogen and oxygen atoms in total. The summed E-state index contributed by atoms with van der Waals surface area (Å²) in [6, 6.07) is 16.1. The van der Waals surface area contributed by atoms with Crippen molar-refractivity contribution in [2.24, 2.45) is 0 Å². The van der Waals surface area contributed by atoms with Gasteiger partial charge in [-0.05, 0) is 53.6 Å². The zero-order chi connectivity index (χ0) is 21.1. The van der Waals surface area contributed by atoms with Crippen molar-refractivity contribution in [2.45, 2.75) is 13.1 Å². The summed E-state index contributed by atoms with van der Waals surface area (Å²) in [5.41, 5.74) is 2.18. The van der Waals surface area contributed by atoms with Crippen LogP contribution in [0.2, 0.25) is 10.0 Å². The molecule has 4 rings (SSSR count). The SMILES string of the molecule is O=C(Nc1ccc(Cl)c(Cl)c1)N(Cc1ccc(F)cc1)Cc1ccc2c(c1)OCO2. The van der Waals surface area contributed by atoms with Gasteiger partial charge in [-0.15, -0.1) is 0 Å². The molecule has 0 saturated heterocycles. The molecule has 0 bridgehead atoms. The number of ether oxygens (including phenoxy) is 2. The van der Waals surface area contributed by atoms with Gasteiger partial charge in [-0.3, -0.25) is 0 Å². The highest BCUT2D eigenvalue weighted by atomic mass is 35.5. The van der Waals surface area contributed by atoms with Crippen molar-refractivity contribution in [2.75, 3.05) is 12.1 Å². The van der Waals surface area contributed by atoms with Gasteiger partial charge in [0.15, 0.2) is 11.5 Å². The van der Waals surface area contributed by atoms with Crippen LogP contribution < -0.4 is 14.8 Å². The smallest absolute Gasteiger partial charge is 0.322 e. The van der Waals surface area contributed by atoms with Crippen molar-refractivity contribution >= 4 is 34.9 Å². The summed E-state index contributed by atoms with van der Waals surface area (Å²) in [4.78, 5) is 14.6. The van der Waals surface area contributed by atoms with Gasteiger partial charge in [-0.1, -0.05) is 41.4 Å². The monoisotopic (exact) mass is 446 g/mol. The number of fused-ring (bicyclic) bond motifs is 1. The summed E-state index contributed by atoms with van der Waals surface area (Å²) in [6.07, 6.45) is 0. The zero-order valence-corrected chi connectivity index (χ0v) is 17.2. The number of carbonyl (C=O) groups excluding carboxylic acids is 1. The molecule has 8 heteroatoms. The Morgan fingerprint density at radius 1 is 0.900 bits per heavy atom. The maximum absolute atomic E-state index is 13.3. The van der Waals surface area contributed by atoms with E-state index in [0.29, 0.717) is 33.8 Å². The second-order valence-electron chi connectivity index (χ2n) is 6.73. The van der Waals surface area contributed by atoms with Gasteiger partial charge in [-0.2, -0.15) is 0 Å². The van der Waals surface area contributed by atoms with Gasteiger partial charge in [-0.25, -0.2) is 9.18 Å². The Morgan fingerprint density at radius 3 is 2.37 bits per heavy atom. The summed E-state index contributed by atoms with van der Waals surface area (Å²) in [6.45, 7) is 0.763. The van der Waals surface area contributed by atoms with Crippen LogP contribution in [0.3, 0.4) is 0 Å². The van der Waals surface area contributed by atoms with E-state index in [1.54, 1.807) is 35.2 Å². The fourth-order valence-corrected chi connectivity index (χ4v) is 3.34. The average molecular weight is 447 g/mol. The molecule has 3 aromatic carbocycles. The van der Waals surface area contributed by atoms with E-state index in [-0.39, 0.29) is 25.2 Å². The quantitative estimate of drug-likeness (QED) is 0.515. The summed E-state index contributed by atoms with van der Waals surface area (Å²) >= 11 is 12.0. The predicted octanol–water partition coefficient (Wildman–Crippen LogP) is 6.10. The molecule has 1 aliphatic heterocycles. The molecule has 0 saturated carbocycles. The topological polar surface area (TPSA) is 50.8 Å². The Kier molecular flexibility index (Phi) is 5.97. The number of halogens is 3. The Bertz CT molecular complexity index is 1080. The summed E-state index contributed by atoms with van der Waals surface area (Å²) in [5.74, 6) is 0.976. The van der Waals surface area contributed by atoms with E-state index < -0.39 is 0 Å². The van der Waals surface area contributed by atoms with Crippen LogP contribution in [0.1, 0.15) is 11.1 Å². The van der Waals surface area contributed by atoms with E-state index in [0.717, 1.165) is 11.1 Å². The number of nitrogens with one attached hydrogen (secondary N) is 1. The Labute approximate surface area is 182 Å². The lowest BCUT2D eigenvalue weighted by Crippen LogP contribution is -2.34. The standard InChI is InChI=1S/C22H17Cl2FN2O3/c23-18-7-6-17(10-19(18)24)26-22(28)27(11-14-1-4-16(25)5-2-14)12-15-3-8-20-21(9-15)30-13-29-20/h1-10H,11-13H2,(H,26,28). The van der Waals surface area contributed by atoms with E-state index in [9.17, 15) is 9.18 Å². The maximum atomic E-state index is 13.3. The van der Waals surface area contributed by atoms with Gasteiger partial charge in [0.2, 0.25) is 6.79 Å². The van der Waals surface area contributed by atoms with E-state index >= 15 is 0 Å². The first-order valence-corrected chi connectivity index (χ1v) is 9.87. The van der Waals surface area contributed by atoms with E-state index in [2.05, 4.69) is 5.32 Å². The Hall–Kier alpha value is -2.96. The van der Waals surface area contributed by atoms with Crippen LogP contribution in [0.15, 0.2) is 60.7 Å². The molecule has 0 aromatic heterocycles. The van der Waals surface area contributed by atoms with Crippen molar-refractivity contribution in [3.05, 3.63) is 87.7 Å². The molecular formula is C22H17Cl2FN2O3. The molecule has 0 atom stereocenters. The molecule has 3 aromatic rings. The molecule has 0 aliphatic carbocycles. The highest BCUT2D eigenvalue weighted by Crippen LogP contribution is 2.33. The lowest BCUT2D eigenvalue weighted by molar-refractivity contribution is 0.174. The second-order valence-corrected chi connectivity index (χ2v) is 7.54. The van der Waals surface area contributed by atoms with Crippen molar-refractivity contribution in [3.63, 3.8) is 0 Å². The molecule has 0 radical (unpaired) electrons. The van der Waals surface area contributed by atoms with Crippen LogP contribution in [0, 0.1) is 5.82 Å². The van der Waals surface area contributed by atoms with Crippen molar-refractivity contribution < 1.29 is 18.7 Å². The van der Waals surface area contributed by atoms with Gasteiger partial charge in [0.05, 0.1) is 10.0 Å². The third-order valence-corrected chi connectivity index (χ3v) is 5.29. The number of rotatable bonds is 5. The number of urea groups is 1. The highest BCUT2D eigenvalue weighted by molar-refractivity contribution is 6.42. The number of benzene rings is 3. The van der Waals surface area contributed by atoms with Crippen LogP contribution in [0.4, 0.5) is 14.9 Å². The highest BCUT2D eigenvalue weighted by Gasteiger charge is 2.18. The summed E-state index contributed by atoms with van der Waals surface area (Å²) in [7, 11) is 0. The van der Waals surface area contributed by atoms with Crippen LogP contribution in [0.5, 0.6) is 11.5 Å². The first kappa shape index (κ1) is 20.3. The Balaban J connectivity index is 1.56. The molecule has 0 unspecified atom stereocenters. The third-order valence-electron chi connectivity index (χ3n) is 4.56. The first-order valence-electron chi connectivity index (χ1n) is 9.12. The Morgan fingerprint density at radius 2 is 1.60 bits per heavy atom. The predicted molar refractivity (Wildman–Crippen MR) is 114 cm³/mol. The van der Waals surface area contributed by atoms with Crippen LogP contribution in [-0.4, -0.2) is 17.7 Å². The molecule has 0 fully saturated rings. The van der Waals surface area contributed by atoms with Crippen LogP contribution in [0.25, 0.3) is 0 Å². The maximum Gasteiger partial charge on any atom is 0.322 e. The normalized spacial score (nSPS) is 12.0.